The van der Waals surface area contributed by atoms with Crippen molar-refractivity contribution in [2.24, 2.45) is 5.41 Å². The van der Waals surface area contributed by atoms with Crippen molar-refractivity contribution >= 4 is 5.97 Å². The van der Waals surface area contributed by atoms with Gasteiger partial charge in [0.05, 0.1) is 33.0 Å². The lowest BCUT2D eigenvalue weighted by molar-refractivity contribution is -0.134. The van der Waals surface area contributed by atoms with Gasteiger partial charge in [-0.1, -0.05) is 20.4 Å². The van der Waals surface area contributed by atoms with E-state index in [9.17, 15) is 4.79 Å². The highest BCUT2D eigenvalue weighted by Crippen LogP contribution is 2.29. The van der Waals surface area contributed by atoms with Gasteiger partial charge in [-0.25, -0.2) is 4.79 Å². The van der Waals surface area contributed by atoms with E-state index in [0.29, 0.717) is 11.5 Å². The predicted molar refractivity (Wildman–Crippen MR) is 66.8 cm³/mol. The lowest BCUT2D eigenvalue weighted by Crippen LogP contribution is -2.38. The molecule has 4 heteroatoms. The van der Waals surface area contributed by atoms with E-state index in [0.717, 1.165) is 25.9 Å². The van der Waals surface area contributed by atoms with Crippen LogP contribution in [0.3, 0.4) is 0 Å². The van der Waals surface area contributed by atoms with E-state index >= 15 is 0 Å². The van der Waals surface area contributed by atoms with Crippen molar-refractivity contribution in [3.05, 3.63) is 12.7 Å². The van der Waals surface area contributed by atoms with Crippen LogP contribution < -0.4 is 0 Å². The fraction of sp³-hybridized carbons (Fsp3) is 0.769. The average Bonchev–Trinajstić information content (AvgIpc) is 3.09. The zero-order valence-corrected chi connectivity index (χ0v) is 11.3. The monoisotopic (exact) mass is 244 g/mol. The molecule has 0 spiro atoms. The van der Waals surface area contributed by atoms with E-state index in [1.54, 1.807) is 0 Å². The topological polar surface area (TPSA) is 48.1 Å². The summed E-state index contributed by atoms with van der Waals surface area (Å²) in [4.78, 5) is 9.84. The Bertz CT molecular complexity index is 224. The molecule has 2 heterocycles. The Balaban J connectivity index is 0.000000234. The number of epoxide rings is 1. The van der Waals surface area contributed by atoms with Gasteiger partial charge in [0.1, 0.15) is 0 Å². The molecular weight excluding hydrogens is 220 g/mol. The van der Waals surface area contributed by atoms with Crippen molar-refractivity contribution in [3.63, 3.8) is 0 Å². The third-order valence-corrected chi connectivity index (χ3v) is 2.62. The number of carbonyl (C=O) groups excluding carboxylic acids is 1. The predicted octanol–water partition coefficient (Wildman–Crippen LogP) is 2.18. The molecule has 0 N–H and O–H groups in total. The Morgan fingerprint density at radius 1 is 1.59 bits per heavy atom. The number of esters is 1. The molecule has 1 unspecified atom stereocenters. The summed E-state index contributed by atoms with van der Waals surface area (Å²) in [5.41, 5.74) is 0.542. The van der Waals surface area contributed by atoms with E-state index < -0.39 is 5.97 Å². The molecule has 2 aliphatic heterocycles. The van der Waals surface area contributed by atoms with Gasteiger partial charge in [0.2, 0.25) is 0 Å². The summed E-state index contributed by atoms with van der Waals surface area (Å²) in [5.74, 6) is -0.394. The maximum Gasteiger partial charge on any atom is 0.329 e. The summed E-state index contributed by atoms with van der Waals surface area (Å²) in [7, 11) is 1.31. The van der Waals surface area contributed by atoms with Gasteiger partial charge in [-0.2, -0.15) is 0 Å². The van der Waals surface area contributed by atoms with Crippen LogP contribution in [0.25, 0.3) is 0 Å². The number of rotatable bonds is 2. The quantitative estimate of drug-likeness (QED) is 0.424. The highest BCUT2D eigenvalue weighted by Gasteiger charge is 2.30. The fourth-order valence-corrected chi connectivity index (χ4v) is 0.834. The molecule has 2 saturated heterocycles. The SMILES string of the molecule is C=CC(=O)OC.CC1CO1.CCC1(C)COC1. The van der Waals surface area contributed by atoms with E-state index in [1.165, 1.54) is 13.5 Å². The van der Waals surface area contributed by atoms with Crippen molar-refractivity contribution in [2.75, 3.05) is 26.9 Å². The van der Waals surface area contributed by atoms with E-state index in [2.05, 4.69) is 32.1 Å². The minimum Gasteiger partial charge on any atom is -0.466 e. The van der Waals surface area contributed by atoms with Gasteiger partial charge in [0, 0.05) is 11.5 Å². The minimum absolute atomic E-state index is 0.394. The summed E-state index contributed by atoms with van der Waals surface area (Å²) in [6, 6.07) is 0. The molecule has 0 aliphatic carbocycles. The van der Waals surface area contributed by atoms with Crippen molar-refractivity contribution in [1.82, 2.24) is 0 Å². The molecule has 0 amide bonds. The van der Waals surface area contributed by atoms with Crippen LogP contribution in [-0.2, 0) is 19.0 Å². The van der Waals surface area contributed by atoms with Crippen LogP contribution >= 0.6 is 0 Å². The van der Waals surface area contributed by atoms with Crippen LogP contribution in [-0.4, -0.2) is 39.0 Å². The van der Waals surface area contributed by atoms with Crippen LogP contribution in [0.5, 0.6) is 0 Å². The Hall–Kier alpha value is -0.870. The van der Waals surface area contributed by atoms with E-state index in [-0.39, 0.29) is 0 Å². The highest BCUT2D eigenvalue weighted by atomic mass is 16.6. The lowest BCUT2D eigenvalue weighted by atomic mass is 9.86. The Morgan fingerprint density at radius 2 is 2.06 bits per heavy atom. The normalized spacial score (nSPS) is 22.7. The number of ether oxygens (including phenoxy) is 3. The molecule has 0 aromatic carbocycles. The molecule has 2 aliphatic rings. The Labute approximate surface area is 104 Å². The first-order valence-electron chi connectivity index (χ1n) is 5.87. The molecule has 100 valence electrons. The molecular formula is C13H24O4. The Kier molecular flexibility index (Phi) is 7.83. The average molecular weight is 244 g/mol. The summed E-state index contributed by atoms with van der Waals surface area (Å²) < 4.78 is 13.9. The van der Waals surface area contributed by atoms with Crippen molar-refractivity contribution < 1.29 is 19.0 Å². The molecule has 0 radical (unpaired) electrons. The van der Waals surface area contributed by atoms with Gasteiger partial charge in [0.15, 0.2) is 0 Å². The number of carbonyl (C=O) groups is 1. The molecule has 1 atom stereocenters. The molecule has 2 rings (SSSR count). The largest absolute Gasteiger partial charge is 0.466 e. The zero-order valence-electron chi connectivity index (χ0n) is 11.3. The smallest absolute Gasteiger partial charge is 0.329 e. The first-order valence-corrected chi connectivity index (χ1v) is 5.87. The maximum atomic E-state index is 9.84. The number of hydrogen-bond acceptors (Lipinski definition) is 4. The van der Waals surface area contributed by atoms with E-state index in [4.69, 9.17) is 9.47 Å². The third-order valence-electron chi connectivity index (χ3n) is 2.62. The third kappa shape index (κ3) is 8.89. The second kappa shape index (κ2) is 8.25. The van der Waals surface area contributed by atoms with Crippen LogP contribution in [0, 0.1) is 5.41 Å². The first kappa shape index (κ1) is 16.1. The highest BCUT2D eigenvalue weighted by molar-refractivity contribution is 5.80. The fourth-order valence-electron chi connectivity index (χ4n) is 0.834. The van der Waals surface area contributed by atoms with Gasteiger partial charge in [-0.05, 0) is 13.3 Å². The zero-order chi connectivity index (χ0) is 13.3. The van der Waals surface area contributed by atoms with Crippen LogP contribution in [0.2, 0.25) is 0 Å². The molecule has 0 saturated carbocycles. The summed E-state index contributed by atoms with van der Waals surface area (Å²) in [6.45, 7) is 12.6. The first-order chi connectivity index (χ1) is 7.97. The number of methoxy groups -OCH3 is 1. The maximum absolute atomic E-state index is 9.84. The molecule has 0 aromatic heterocycles. The lowest BCUT2D eigenvalue weighted by Gasteiger charge is -2.36. The van der Waals surface area contributed by atoms with Crippen molar-refractivity contribution in [3.8, 4) is 0 Å². The minimum atomic E-state index is -0.394. The molecule has 0 aromatic rings. The second-order valence-corrected chi connectivity index (χ2v) is 4.53. The van der Waals surface area contributed by atoms with Crippen LogP contribution in [0.4, 0.5) is 0 Å². The molecule has 2 fully saturated rings. The van der Waals surface area contributed by atoms with Gasteiger partial charge in [-0.15, -0.1) is 0 Å². The van der Waals surface area contributed by atoms with Crippen LogP contribution in [0.15, 0.2) is 12.7 Å². The van der Waals surface area contributed by atoms with Gasteiger partial charge < -0.3 is 14.2 Å². The number of hydrogen-bond donors (Lipinski definition) is 0. The second-order valence-electron chi connectivity index (χ2n) is 4.53. The van der Waals surface area contributed by atoms with Gasteiger partial charge in [0.25, 0.3) is 0 Å². The van der Waals surface area contributed by atoms with E-state index in [1.807, 2.05) is 0 Å². The summed E-state index contributed by atoms with van der Waals surface area (Å²) in [5, 5.41) is 0. The molecule has 17 heavy (non-hydrogen) atoms. The van der Waals surface area contributed by atoms with Crippen LogP contribution in [0.1, 0.15) is 27.2 Å². The Morgan fingerprint density at radius 3 is 2.06 bits per heavy atom. The molecule has 4 nitrogen and oxygen atoms in total. The van der Waals surface area contributed by atoms with Crippen molar-refractivity contribution in [2.45, 2.75) is 33.3 Å². The van der Waals surface area contributed by atoms with Gasteiger partial charge in [-0.3, -0.25) is 0 Å². The van der Waals surface area contributed by atoms with Crippen molar-refractivity contribution in [1.29, 1.82) is 0 Å². The summed E-state index contributed by atoms with van der Waals surface area (Å²) in [6.07, 6.45) is 2.95. The molecule has 0 bridgehead atoms. The standard InChI is InChI=1S/C6H12O.C4H6O2.C3H6O/c1-3-6(2)4-7-5-6;1-3-4(5)6-2;1-3-2-4-3/h3-5H2,1-2H3;3H,1H2,2H3;3H,2H2,1H3. The summed E-state index contributed by atoms with van der Waals surface area (Å²) >= 11 is 0. The van der Waals surface area contributed by atoms with Gasteiger partial charge >= 0.3 is 5.97 Å².